The molecule has 1 aliphatic heterocycles. The van der Waals surface area contributed by atoms with Crippen molar-refractivity contribution in [2.24, 2.45) is 0 Å². The Hall–Kier alpha value is -2.04. The third-order valence-corrected chi connectivity index (χ3v) is 6.87. The molecule has 1 saturated heterocycles. The second-order valence-electron chi connectivity index (χ2n) is 8.67. The van der Waals surface area contributed by atoms with E-state index in [1.165, 1.54) is 31.5 Å². The third-order valence-electron chi connectivity index (χ3n) is 6.62. The molecule has 1 aliphatic carbocycles. The highest BCUT2D eigenvalue weighted by Crippen LogP contribution is 2.38. The maximum Gasteiger partial charge on any atom is 0.258 e. The monoisotopic (exact) mass is 426 g/mol. The van der Waals surface area contributed by atoms with E-state index in [1.54, 1.807) is 24.3 Å². The summed E-state index contributed by atoms with van der Waals surface area (Å²) in [4.78, 5) is 15.1. The van der Waals surface area contributed by atoms with Crippen LogP contribution in [0.1, 0.15) is 44.1 Å². The van der Waals surface area contributed by atoms with Crippen molar-refractivity contribution in [2.45, 2.75) is 56.5 Å². The molecule has 0 spiro atoms. The molecular weight excluding hydrogens is 396 g/mol. The summed E-state index contributed by atoms with van der Waals surface area (Å²) in [6.45, 7) is 2.46. The SMILES string of the molecule is O=C(COc1ccc(Cl)cc1)NC1CCC(Cc2ccccc2)(N2CCCC2)CC1. The quantitative estimate of drug-likeness (QED) is 0.687. The number of hydrogen-bond acceptors (Lipinski definition) is 3. The first-order chi connectivity index (χ1) is 14.6. The van der Waals surface area contributed by atoms with Gasteiger partial charge in [0.25, 0.3) is 5.91 Å². The average molecular weight is 427 g/mol. The number of hydrogen-bond donors (Lipinski definition) is 1. The van der Waals surface area contributed by atoms with Crippen molar-refractivity contribution in [2.75, 3.05) is 19.7 Å². The number of halogens is 1. The van der Waals surface area contributed by atoms with Gasteiger partial charge in [0.15, 0.2) is 6.61 Å². The Morgan fingerprint density at radius 2 is 1.70 bits per heavy atom. The summed E-state index contributed by atoms with van der Waals surface area (Å²) in [7, 11) is 0. The van der Waals surface area contributed by atoms with Gasteiger partial charge >= 0.3 is 0 Å². The van der Waals surface area contributed by atoms with Crippen LogP contribution >= 0.6 is 11.6 Å². The van der Waals surface area contributed by atoms with Gasteiger partial charge in [-0.1, -0.05) is 41.9 Å². The van der Waals surface area contributed by atoms with E-state index in [4.69, 9.17) is 16.3 Å². The first kappa shape index (κ1) is 21.2. The van der Waals surface area contributed by atoms with E-state index in [0.29, 0.717) is 10.8 Å². The lowest BCUT2D eigenvalue weighted by atomic mass is 9.74. The lowest BCUT2D eigenvalue weighted by Gasteiger charge is -2.47. The van der Waals surface area contributed by atoms with E-state index in [2.05, 4.69) is 40.5 Å². The van der Waals surface area contributed by atoms with Crippen LogP contribution in [-0.2, 0) is 11.2 Å². The summed E-state index contributed by atoms with van der Waals surface area (Å²) in [6, 6.07) is 18.2. The van der Waals surface area contributed by atoms with Crippen LogP contribution in [0.3, 0.4) is 0 Å². The maximum absolute atomic E-state index is 12.4. The average Bonchev–Trinajstić information content (AvgIpc) is 3.31. The van der Waals surface area contributed by atoms with Gasteiger partial charge in [-0.2, -0.15) is 0 Å². The number of ether oxygens (including phenoxy) is 1. The second-order valence-corrected chi connectivity index (χ2v) is 9.10. The maximum atomic E-state index is 12.4. The van der Waals surface area contributed by atoms with E-state index in [9.17, 15) is 4.79 Å². The van der Waals surface area contributed by atoms with E-state index < -0.39 is 0 Å². The Bertz CT molecular complexity index is 811. The van der Waals surface area contributed by atoms with Crippen molar-refractivity contribution in [1.82, 2.24) is 10.2 Å². The summed E-state index contributed by atoms with van der Waals surface area (Å²) < 4.78 is 5.59. The van der Waals surface area contributed by atoms with Crippen LogP contribution < -0.4 is 10.1 Å². The molecule has 1 amide bonds. The molecule has 1 saturated carbocycles. The zero-order valence-corrected chi connectivity index (χ0v) is 18.2. The summed E-state index contributed by atoms with van der Waals surface area (Å²) >= 11 is 5.89. The summed E-state index contributed by atoms with van der Waals surface area (Å²) in [5.41, 5.74) is 1.65. The highest BCUT2D eigenvalue weighted by molar-refractivity contribution is 6.30. The van der Waals surface area contributed by atoms with Gasteiger partial charge in [0, 0.05) is 16.6 Å². The molecule has 2 aromatic rings. The number of likely N-dealkylation sites (tertiary alicyclic amines) is 1. The van der Waals surface area contributed by atoms with Gasteiger partial charge in [0.1, 0.15) is 5.75 Å². The van der Waals surface area contributed by atoms with Crippen molar-refractivity contribution in [3.63, 3.8) is 0 Å². The van der Waals surface area contributed by atoms with Gasteiger partial charge in [-0.3, -0.25) is 9.69 Å². The molecule has 5 heteroatoms. The Morgan fingerprint density at radius 1 is 1.03 bits per heavy atom. The van der Waals surface area contributed by atoms with Crippen LogP contribution in [0, 0.1) is 0 Å². The predicted molar refractivity (Wildman–Crippen MR) is 121 cm³/mol. The van der Waals surface area contributed by atoms with E-state index in [-0.39, 0.29) is 24.1 Å². The largest absolute Gasteiger partial charge is 0.484 e. The number of benzene rings is 2. The molecule has 1 N–H and O–H groups in total. The molecule has 0 radical (unpaired) electrons. The molecule has 160 valence electrons. The number of carbonyl (C=O) groups is 1. The smallest absolute Gasteiger partial charge is 0.258 e. The van der Waals surface area contributed by atoms with Crippen molar-refractivity contribution in [3.8, 4) is 5.75 Å². The van der Waals surface area contributed by atoms with E-state index in [0.717, 1.165) is 32.1 Å². The minimum Gasteiger partial charge on any atom is -0.484 e. The van der Waals surface area contributed by atoms with Gasteiger partial charge in [-0.25, -0.2) is 0 Å². The van der Waals surface area contributed by atoms with Crippen LogP contribution in [0.15, 0.2) is 54.6 Å². The molecule has 4 nitrogen and oxygen atoms in total. The van der Waals surface area contributed by atoms with Crippen LogP contribution in [-0.4, -0.2) is 42.1 Å². The molecule has 0 atom stereocenters. The Kier molecular flexibility index (Phi) is 6.96. The highest BCUT2D eigenvalue weighted by atomic mass is 35.5. The Balaban J connectivity index is 1.31. The number of carbonyl (C=O) groups excluding carboxylic acids is 1. The van der Waals surface area contributed by atoms with Crippen molar-refractivity contribution < 1.29 is 9.53 Å². The molecule has 4 rings (SSSR count). The topological polar surface area (TPSA) is 41.6 Å². The van der Waals surface area contributed by atoms with Crippen molar-refractivity contribution >= 4 is 17.5 Å². The fourth-order valence-electron chi connectivity index (χ4n) is 5.02. The van der Waals surface area contributed by atoms with Crippen molar-refractivity contribution in [1.29, 1.82) is 0 Å². The lowest BCUT2D eigenvalue weighted by molar-refractivity contribution is -0.124. The Labute approximate surface area is 184 Å². The number of nitrogens with one attached hydrogen (secondary N) is 1. The molecule has 2 fully saturated rings. The zero-order valence-electron chi connectivity index (χ0n) is 17.5. The van der Waals surface area contributed by atoms with Gasteiger partial charge in [-0.15, -0.1) is 0 Å². The van der Waals surface area contributed by atoms with Crippen LogP contribution in [0.5, 0.6) is 5.75 Å². The number of amides is 1. The second kappa shape index (κ2) is 9.84. The zero-order chi connectivity index (χ0) is 20.8. The molecule has 0 unspecified atom stereocenters. The third kappa shape index (κ3) is 5.35. The fourth-order valence-corrected chi connectivity index (χ4v) is 5.15. The first-order valence-corrected chi connectivity index (χ1v) is 11.5. The van der Waals surface area contributed by atoms with Gasteiger partial charge in [-0.05, 0) is 87.9 Å². The lowest BCUT2D eigenvalue weighted by Crippen LogP contribution is -2.54. The van der Waals surface area contributed by atoms with Crippen LogP contribution in [0.2, 0.25) is 5.02 Å². The van der Waals surface area contributed by atoms with Gasteiger partial charge in [0.2, 0.25) is 0 Å². The fraction of sp³-hybridized carbons (Fsp3) is 0.480. The van der Waals surface area contributed by atoms with Crippen LogP contribution in [0.4, 0.5) is 0 Å². The summed E-state index contributed by atoms with van der Waals surface area (Å²) in [5, 5.41) is 3.84. The highest BCUT2D eigenvalue weighted by Gasteiger charge is 2.41. The van der Waals surface area contributed by atoms with Gasteiger partial charge in [0.05, 0.1) is 0 Å². The normalized spacial score (nSPS) is 24.5. The van der Waals surface area contributed by atoms with E-state index in [1.807, 2.05) is 0 Å². The molecular formula is C25H31ClN2O2. The summed E-state index contributed by atoms with van der Waals surface area (Å²) in [6.07, 6.45) is 8.02. The minimum absolute atomic E-state index is 0.0411. The van der Waals surface area contributed by atoms with E-state index >= 15 is 0 Å². The van der Waals surface area contributed by atoms with Gasteiger partial charge < -0.3 is 10.1 Å². The predicted octanol–water partition coefficient (Wildman–Crippen LogP) is 4.85. The molecule has 30 heavy (non-hydrogen) atoms. The first-order valence-electron chi connectivity index (χ1n) is 11.1. The number of rotatable bonds is 7. The molecule has 0 bridgehead atoms. The molecule has 1 heterocycles. The standard InChI is InChI=1S/C25H31ClN2O2/c26-21-8-10-23(11-9-21)30-19-24(29)27-22-12-14-25(15-13-22,28-16-4-5-17-28)18-20-6-2-1-3-7-20/h1-3,6-11,22H,4-5,12-19H2,(H,27,29). The minimum atomic E-state index is -0.0494. The Morgan fingerprint density at radius 3 is 2.37 bits per heavy atom. The molecule has 2 aromatic carbocycles. The summed E-state index contributed by atoms with van der Waals surface area (Å²) in [5.74, 6) is 0.612. The van der Waals surface area contributed by atoms with Crippen LogP contribution in [0.25, 0.3) is 0 Å². The molecule has 2 aliphatic rings. The molecule has 0 aromatic heterocycles. The number of nitrogens with zero attached hydrogens (tertiary/aromatic N) is 1. The van der Waals surface area contributed by atoms with Crippen molar-refractivity contribution in [3.05, 3.63) is 65.2 Å².